The molecule has 4 rings (SSSR count). The van der Waals surface area contributed by atoms with Crippen molar-refractivity contribution in [1.29, 1.82) is 0 Å². The highest BCUT2D eigenvalue weighted by molar-refractivity contribution is 5.99. The van der Waals surface area contributed by atoms with Crippen LogP contribution in [0.15, 0.2) is 30.5 Å². The van der Waals surface area contributed by atoms with Gasteiger partial charge >= 0.3 is 0 Å². The maximum atomic E-state index is 12.5. The van der Waals surface area contributed by atoms with Crippen molar-refractivity contribution in [1.82, 2.24) is 15.2 Å². The normalized spacial score (nSPS) is 23.0. The van der Waals surface area contributed by atoms with Crippen LogP contribution in [0.25, 0.3) is 16.5 Å². The summed E-state index contributed by atoms with van der Waals surface area (Å²) in [6.07, 6.45) is 7.52. The number of carbonyl (C=O) groups is 1. The summed E-state index contributed by atoms with van der Waals surface area (Å²) in [6, 6.07) is 6.80. The lowest BCUT2D eigenvalue weighted by molar-refractivity contribution is -0.124. The summed E-state index contributed by atoms with van der Waals surface area (Å²) in [7, 11) is 2.14. The summed E-state index contributed by atoms with van der Waals surface area (Å²) in [4.78, 5) is 18.3. The number of hydrogen-bond acceptors (Lipinski definition) is 2. The third-order valence-corrected chi connectivity index (χ3v) is 5.43. The Morgan fingerprint density at radius 1 is 1.42 bits per heavy atom. The van der Waals surface area contributed by atoms with Crippen LogP contribution >= 0.6 is 0 Å². The number of likely N-dealkylation sites (N-methyl/N-ethyl adjacent to an activating group) is 1. The third-order valence-electron chi connectivity index (χ3n) is 5.43. The molecule has 2 aromatic rings. The second-order valence-corrected chi connectivity index (χ2v) is 7.07. The lowest BCUT2D eigenvalue weighted by atomic mass is 9.80. The van der Waals surface area contributed by atoms with E-state index in [2.05, 4.69) is 59.6 Å². The highest BCUT2D eigenvalue weighted by atomic mass is 16.1. The van der Waals surface area contributed by atoms with Crippen molar-refractivity contribution in [3.63, 3.8) is 0 Å². The molecular weight excluding hydrogens is 298 g/mol. The average molecular weight is 323 g/mol. The summed E-state index contributed by atoms with van der Waals surface area (Å²) in [6.45, 7) is 3.71. The SMILES string of the molecule is CCCCNC(=O)[C@@H]1C=C2c3cccc4[nH]cc(c34)C[C@H]2N(C)C1. The van der Waals surface area contributed by atoms with E-state index in [1.54, 1.807) is 0 Å². The Labute approximate surface area is 142 Å². The van der Waals surface area contributed by atoms with Crippen molar-refractivity contribution < 1.29 is 4.79 Å². The standard InChI is InChI=1S/C20H25N3O/c1-3-4-8-21-20(24)14-9-16-15-6-5-7-17-19(15)13(11-22-17)10-18(16)23(2)12-14/h5-7,9,11,14,18,22H,3-4,8,10,12H2,1-2H3,(H,21,24)/t14-,18-/m1/s1. The summed E-state index contributed by atoms with van der Waals surface area (Å²) in [5.41, 5.74) is 5.19. The fraction of sp³-hybridized carbons (Fsp3) is 0.450. The molecule has 0 unspecified atom stereocenters. The zero-order chi connectivity index (χ0) is 16.7. The van der Waals surface area contributed by atoms with Gasteiger partial charge in [-0.25, -0.2) is 0 Å². The van der Waals surface area contributed by atoms with Crippen molar-refractivity contribution in [3.8, 4) is 0 Å². The molecule has 24 heavy (non-hydrogen) atoms. The number of benzene rings is 1. The lowest BCUT2D eigenvalue weighted by Crippen LogP contribution is -2.46. The number of unbranched alkanes of at least 4 members (excludes halogenated alkanes) is 1. The lowest BCUT2D eigenvalue weighted by Gasteiger charge is -2.39. The Hall–Kier alpha value is -2.07. The largest absolute Gasteiger partial charge is 0.361 e. The molecule has 1 aliphatic carbocycles. The van der Waals surface area contributed by atoms with E-state index in [0.717, 1.165) is 32.4 Å². The fourth-order valence-electron chi connectivity index (χ4n) is 4.13. The van der Waals surface area contributed by atoms with E-state index in [-0.39, 0.29) is 11.8 Å². The minimum absolute atomic E-state index is 0.0612. The van der Waals surface area contributed by atoms with Gasteiger partial charge in [0.25, 0.3) is 0 Å². The molecule has 2 heterocycles. The first-order valence-electron chi connectivity index (χ1n) is 8.98. The quantitative estimate of drug-likeness (QED) is 0.850. The van der Waals surface area contributed by atoms with Crippen LogP contribution in [0.1, 0.15) is 30.9 Å². The fourth-order valence-corrected chi connectivity index (χ4v) is 4.13. The Bertz CT molecular complexity index is 804. The number of aromatic nitrogens is 1. The molecular formula is C20H25N3O. The average Bonchev–Trinajstić information content (AvgIpc) is 3.00. The minimum Gasteiger partial charge on any atom is -0.361 e. The molecule has 0 fully saturated rings. The first kappa shape index (κ1) is 15.5. The maximum Gasteiger partial charge on any atom is 0.228 e. The summed E-state index contributed by atoms with van der Waals surface area (Å²) >= 11 is 0. The van der Waals surface area contributed by atoms with Crippen molar-refractivity contribution in [3.05, 3.63) is 41.6 Å². The zero-order valence-corrected chi connectivity index (χ0v) is 14.4. The Balaban J connectivity index is 1.69. The van der Waals surface area contributed by atoms with Gasteiger partial charge in [-0.2, -0.15) is 0 Å². The van der Waals surface area contributed by atoms with Crippen LogP contribution in [0.5, 0.6) is 0 Å². The minimum atomic E-state index is -0.0612. The van der Waals surface area contributed by atoms with Crippen LogP contribution in [0.2, 0.25) is 0 Å². The Kier molecular flexibility index (Phi) is 3.93. The molecule has 0 spiro atoms. The van der Waals surface area contributed by atoms with E-state index >= 15 is 0 Å². The number of fused-ring (bicyclic) bond motifs is 2. The smallest absolute Gasteiger partial charge is 0.228 e. The topological polar surface area (TPSA) is 48.1 Å². The summed E-state index contributed by atoms with van der Waals surface area (Å²) in [5.74, 6) is 0.0992. The summed E-state index contributed by atoms with van der Waals surface area (Å²) in [5, 5.41) is 4.43. The van der Waals surface area contributed by atoms with Crippen molar-refractivity contribution in [2.45, 2.75) is 32.2 Å². The highest BCUT2D eigenvalue weighted by Gasteiger charge is 2.35. The number of hydrogen-bond donors (Lipinski definition) is 2. The van der Waals surface area contributed by atoms with Gasteiger partial charge in [0.15, 0.2) is 0 Å². The molecule has 126 valence electrons. The van der Waals surface area contributed by atoms with Crippen LogP contribution in [0, 0.1) is 5.92 Å². The number of amides is 1. The van der Waals surface area contributed by atoms with Crippen molar-refractivity contribution in [2.75, 3.05) is 20.1 Å². The maximum absolute atomic E-state index is 12.5. The van der Waals surface area contributed by atoms with E-state index < -0.39 is 0 Å². The van der Waals surface area contributed by atoms with Crippen LogP contribution in [0.3, 0.4) is 0 Å². The number of aromatic amines is 1. The van der Waals surface area contributed by atoms with E-state index in [0.29, 0.717) is 6.04 Å². The predicted octanol–water partition coefficient (Wildman–Crippen LogP) is 2.95. The third kappa shape index (κ3) is 2.46. The molecule has 4 nitrogen and oxygen atoms in total. The van der Waals surface area contributed by atoms with Gasteiger partial charge in [0.1, 0.15) is 0 Å². The van der Waals surface area contributed by atoms with Gasteiger partial charge < -0.3 is 10.3 Å². The molecule has 2 N–H and O–H groups in total. The molecule has 0 radical (unpaired) electrons. The van der Waals surface area contributed by atoms with Gasteiger partial charge in [-0.1, -0.05) is 31.6 Å². The van der Waals surface area contributed by atoms with Crippen LogP contribution in [-0.4, -0.2) is 42.0 Å². The second-order valence-electron chi connectivity index (χ2n) is 7.07. The van der Waals surface area contributed by atoms with Gasteiger partial charge in [0, 0.05) is 36.2 Å². The molecule has 4 heteroatoms. The molecule has 0 saturated heterocycles. The van der Waals surface area contributed by atoms with Crippen LogP contribution < -0.4 is 5.32 Å². The molecule has 1 aromatic carbocycles. The number of rotatable bonds is 4. The van der Waals surface area contributed by atoms with E-state index in [9.17, 15) is 4.79 Å². The number of nitrogens with zero attached hydrogens (tertiary/aromatic N) is 1. The van der Waals surface area contributed by atoms with Crippen LogP contribution in [-0.2, 0) is 11.2 Å². The number of carbonyl (C=O) groups excluding carboxylic acids is 1. The van der Waals surface area contributed by atoms with Crippen LogP contribution in [0.4, 0.5) is 0 Å². The van der Waals surface area contributed by atoms with Crippen molar-refractivity contribution in [2.24, 2.45) is 5.92 Å². The molecule has 1 aliphatic heterocycles. The molecule has 2 atom stereocenters. The zero-order valence-electron chi connectivity index (χ0n) is 14.4. The number of H-pyrrole nitrogens is 1. The second kappa shape index (κ2) is 6.10. The molecule has 1 amide bonds. The number of nitrogens with one attached hydrogen (secondary N) is 2. The van der Waals surface area contributed by atoms with Gasteiger partial charge in [-0.3, -0.25) is 9.69 Å². The first-order chi connectivity index (χ1) is 11.7. The predicted molar refractivity (Wildman–Crippen MR) is 97.8 cm³/mol. The van der Waals surface area contributed by atoms with Gasteiger partial charge in [-0.05, 0) is 42.7 Å². The molecule has 0 bridgehead atoms. The summed E-state index contributed by atoms with van der Waals surface area (Å²) < 4.78 is 0. The first-order valence-corrected chi connectivity index (χ1v) is 8.98. The molecule has 0 saturated carbocycles. The Morgan fingerprint density at radius 2 is 2.29 bits per heavy atom. The highest BCUT2D eigenvalue weighted by Crippen LogP contribution is 2.40. The monoisotopic (exact) mass is 323 g/mol. The van der Waals surface area contributed by atoms with E-state index in [1.165, 1.54) is 27.6 Å². The van der Waals surface area contributed by atoms with Crippen molar-refractivity contribution >= 4 is 22.4 Å². The Morgan fingerprint density at radius 3 is 3.12 bits per heavy atom. The van der Waals surface area contributed by atoms with E-state index in [1.807, 2.05) is 0 Å². The van der Waals surface area contributed by atoms with Gasteiger partial charge in [0.05, 0.1) is 5.92 Å². The molecule has 2 aliphatic rings. The van der Waals surface area contributed by atoms with Gasteiger partial charge in [-0.15, -0.1) is 0 Å². The molecule has 1 aromatic heterocycles. The van der Waals surface area contributed by atoms with Gasteiger partial charge in [0.2, 0.25) is 5.91 Å². The van der Waals surface area contributed by atoms with E-state index in [4.69, 9.17) is 0 Å².